The van der Waals surface area contributed by atoms with Crippen LogP contribution in [-0.4, -0.2) is 60.8 Å². The average molecular weight is 711 g/mol. The molecule has 0 saturated carbocycles. The summed E-state index contributed by atoms with van der Waals surface area (Å²) in [7, 11) is 5.17. The van der Waals surface area contributed by atoms with Crippen molar-refractivity contribution in [1.82, 2.24) is 14.4 Å². The Bertz CT molecular complexity index is 1910. The second kappa shape index (κ2) is 16.1. The summed E-state index contributed by atoms with van der Waals surface area (Å²) in [4.78, 5) is 30.5. The van der Waals surface area contributed by atoms with E-state index in [9.17, 15) is 19.2 Å². The molecule has 3 aromatic rings. The Hall–Kier alpha value is -4.42. The van der Waals surface area contributed by atoms with E-state index in [2.05, 4.69) is 55.1 Å². The zero-order valence-electron chi connectivity index (χ0n) is 32.4. The second-order valence-electron chi connectivity index (χ2n) is 15.7. The summed E-state index contributed by atoms with van der Waals surface area (Å²) in [5.74, 6) is 1.92. The molecule has 2 aliphatic rings. The number of amides is 1. The predicted octanol–water partition coefficient (Wildman–Crippen LogP) is 7.67. The second-order valence-corrected chi connectivity index (χ2v) is 15.7. The number of nitriles is 1. The molecule has 3 heterocycles. The van der Waals surface area contributed by atoms with Gasteiger partial charge in [0.15, 0.2) is 0 Å². The van der Waals surface area contributed by atoms with Crippen molar-refractivity contribution >= 4 is 5.91 Å². The molecule has 1 aromatic heterocycles. The highest BCUT2D eigenvalue weighted by Gasteiger charge is 2.36. The monoisotopic (exact) mass is 710 g/mol. The SMILES string of the molecule is COc1cc(-c2cn(C)c(=O)c(C)c2C)cc(OC)c1CN1CCC(Cc2cccc3c2CCN(C(=O)C(C#N)=CC(C)(C)CF)C3C(C)C)CC1. The summed E-state index contributed by atoms with van der Waals surface area (Å²) >= 11 is 0. The van der Waals surface area contributed by atoms with Crippen molar-refractivity contribution in [2.75, 3.05) is 40.5 Å². The lowest BCUT2D eigenvalue weighted by Gasteiger charge is -2.41. The lowest BCUT2D eigenvalue weighted by molar-refractivity contribution is -0.130. The average Bonchev–Trinajstić information content (AvgIpc) is 3.14. The van der Waals surface area contributed by atoms with Crippen LogP contribution >= 0.6 is 0 Å². The summed E-state index contributed by atoms with van der Waals surface area (Å²) in [6.45, 7) is 14.0. The first kappa shape index (κ1) is 38.8. The number of halogens is 1. The molecular formula is C43H55FN4O4. The van der Waals surface area contributed by atoms with Gasteiger partial charge in [0.05, 0.1) is 32.5 Å². The molecule has 1 unspecified atom stereocenters. The van der Waals surface area contributed by atoms with Gasteiger partial charge in [-0.15, -0.1) is 0 Å². The molecule has 5 rings (SSSR count). The van der Waals surface area contributed by atoms with Crippen LogP contribution in [0.2, 0.25) is 0 Å². The molecule has 1 amide bonds. The Labute approximate surface area is 308 Å². The first-order valence-corrected chi connectivity index (χ1v) is 18.5. The molecule has 278 valence electrons. The molecule has 0 spiro atoms. The standard InChI is InChI=1S/C43H55FN4O4/c1-27(2)40-35-12-10-11-31(34(35)15-18-48(40)42(50)33(23-45)22-43(5,6)26-44)19-30-13-16-47(17-14-30)25-37-38(51-8)20-32(21-39(37)52-9)36-24-46(7)41(49)29(4)28(36)3/h10-12,20-22,24,27,30,40H,13-19,25-26H2,1-9H3. The topological polar surface area (TPSA) is 87.8 Å². The minimum atomic E-state index is -0.878. The van der Waals surface area contributed by atoms with E-state index in [1.807, 2.05) is 24.9 Å². The summed E-state index contributed by atoms with van der Waals surface area (Å²) in [5, 5.41) is 9.86. The summed E-state index contributed by atoms with van der Waals surface area (Å²) in [5.41, 5.74) is 7.62. The van der Waals surface area contributed by atoms with Crippen LogP contribution in [0.15, 0.2) is 53.0 Å². The molecule has 0 aliphatic carbocycles. The van der Waals surface area contributed by atoms with Crippen molar-refractivity contribution in [2.24, 2.45) is 24.3 Å². The van der Waals surface area contributed by atoms with Crippen LogP contribution in [0.3, 0.4) is 0 Å². The highest BCUT2D eigenvalue weighted by atomic mass is 19.1. The number of allylic oxidation sites excluding steroid dienone is 1. The number of carbonyl (C=O) groups is 1. The van der Waals surface area contributed by atoms with E-state index in [0.29, 0.717) is 19.0 Å². The lowest BCUT2D eigenvalue weighted by atomic mass is 9.80. The number of nitrogens with zero attached hydrogens (tertiary/aromatic N) is 4. The quantitative estimate of drug-likeness (QED) is 0.150. The number of ether oxygens (including phenoxy) is 2. The normalized spacial score (nSPS) is 17.2. The molecule has 0 radical (unpaired) electrons. The number of carbonyl (C=O) groups excluding carboxylic acids is 1. The van der Waals surface area contributed by atoms with E-state index in [4.69, 9.17) is 9.47 Å². The Morgan fingerprint density at radius 1 is 1.08 bits per heavy atom. The molecule has 8 nitrogen and oxygen atoms in total. The zero-order chi connectivity index (χ0) is 37.9. The van der Waals surface area contributed by atoms with Crippen molar-refractivity contribution in [3.8, 4) is 28.7 Å². The van der Waals surface area contributed by atoms with Crippen LogP contribution in [0.25, 0.3) is 11.1 Å². The Morgan fingerprint density at radius 3 is 2.31 bits per heavy atom. The van der Waals surface area contributed by atoms with Crippen LogP contribution in [0.4, 0.5) is 4.39 Å². The third-order valence-electron chi connectivity index (χ3n) is 11.1. The molecule has 1 saturated heterocycles. The predicted molar refractivity (Wildman–Crippen MR) is 204 cm³/mol. The van der Waals surface area contributed by atoms with Gasteiger partial charge in [-0.05, 0) is 104 Å². The van der Waals surface area contributed by atoms with Crippen LogP contribution in [-0.2, 0) is 31.2 Å². The van der Waals surface area contributed by atoms with Crippen LogP contribution in [0, 0.1) is 42.4 Å². The van der Waals surface area contributed by atoms with Gasteiger partial charge >= 0.3 is 0 Å². The smallest absolute Gasteiger partial charge is 0.264 e. The van der Waals surface area contributed by atoms with Gasteiger partial charge in [0.2, 0.25) is 0 Å². The molecule has 9 heteroatoms. The maximum Gasteiger partial charge on any atom is 0.264 e. The minimum Gasteiger partial charge on any atom is -0.496 e. The minimum absolute atomic E-state index is 0.00469. The van der Waals surface area contributed by atoms with Crippen LogP contribution < -0.4 is 15.0 Å². The molecular weight excluding hydrogens is 655 g/mol. The molecule has 2 aromatic carbocycles. The summed E-state index contributed by atoms with van der Waals surface area (Å²) in [6, 6.07) is 12.5. The summed E-state index contributed by atoms with van der Waals surface area (Å²) in [6.07, 6.45) is 7.24. The van der Waals surface area contributed by atoms with Crippen LogP contribution in [0.5, 0.6) is 11.5 Å². The third-order valence-corrected chi connectivity index (χ3v) is 11.1. The van der Waals surface area contributed by atoms with E-state index >= 15 is 0 Å². The molecule has 1 atom stereocenters. The van der Waals surface area contributed by atoms with Gasteiger partial charge in [-0.3, -0.25) is 18.9 Å². The molecule has 0 bridgehead atoms. The largest absolute Gasteiger partial charge is 0.496 e. The number of pyridine rings is 1. The molecule has 0 N–H and O–H groups in total. The van der Waals surface area contributed by atoms with Crippen molar-refractivity contribution in [3.05, 3.63) is 91.9 Å². The van der Waals surface area contributed by atoms with Gasteiger partial charge in [0.1, 0.15) is 23.1 Å². The van der Waals surface area contributed by atoms with Crippen LogP contribution in [0.1, 0.15) is 80.0 Å². The lowest BCUT2D eigenvalue weighted by Crippen LogP contribution is -2.43. The van der Waals surface area contributed by atoms with E-state index in [0.717, 1.165) is 83.7 Å². The van der Waals surface area contributed by atoms with Gasteiger partial charge in [-0.1, -0.05) is 52.0 Å². The molecule has 1 fully saturated rings. The Kier molecular flexibility index (Phi) is 12.0. The Balaban J connectivity index is 1.30. The number of hydrogen-bond donors (Lipinski definition) is 0. The maximum atomic E-state index is 13.7. The van der Waals surface area contributed by atoms with E-state index < -0.39 is 12.1 Å². The fourth-order valence-corrected chi connectivity index (χ4v) is 8.09. The number of alkyl halides is 1. The van der Waals surface area contributed by atoms with Gasteiger partial charge in [-0.25, -0.2) is 0 Å². The molecule has 52 heavy (non-hydrogen) atoms. The fraction of sp³-hybridized carbons (Fsp3) is 0.512. The fourth-order valence-electron chi connectivity index (χ4n) is 8.09. The van der Waals surface area contributed by atoms with Crippen molar-refractivity contribution in [1.29, 1.82) is 5.26 Å². The number of fused-ring (bicyclic) bond motifs is 1. The number of methoxy groups -OCH3 is 2. The number of rotatable bonds is 11. The summed E-state index contributed by atoms with van der Waals surface area (Å²) < 4.78 is 27.1. The van der Waals surface area contributed by atoms with E-state index in [1.165, 1.54) is 17.2 Å². The maximum absolute atomic E-state index is 13.7. The Morgan fingerprint density at radius 2 is 1.73 bits per heavy atom. The number of benzene rings is 2. The van der Waals surface area contributed by atoms with Gasteiger partial charge in [0, 0.05) is 42.9 Å². The van der Waals surface area contributed by atoms with Gasteiger partial charge < -0.3 is 18.9 Å². The number of likely N-dealkylation sites (tertiary alicyclic amines) is 1. The zero-order valence-corrected chi connectivity index (χ0v) is 32.4. The third kappa shape index (κ3) is 7.97. The highest BCUT2D eigenvalue weighted by Crippen LogP contribution is 2.40. The van der Waals surface area contributed by atoms with Crippen molar-refractivity contribution in [3.63, 3.8) is 0 Å². The molecule has 2 aliphatic heterocycles. The van der Waals surface area contributed by atoms with Gasteiger partial charge in [0.25, 0.3) is 11.5 Å². The number of aryl methyl sites for hydroxylation is 1. The van der Waals surface area contributed by atoms with Crippen molar-refractivity contribution in [2.45, 2.75) is 79.8 Å². The van der Waals surface area contributed by atoms with E-state index in [-0.39, 0.29) is 29.0 Å². The number of piperidine rings is 1. The van der Waals surface area contributed by atoms with Crippen molar-refractivity contribution < 1.29 is 18.7 Å². The highest BCUT2D eigenvalue weighted by molar-refractivity contribution is 5.97. The first-order chi connectivity index (χ1) is 24.7. The number of hydrogen-bond acceptors (Lipinski definition) is 6. The number of aromatic nitrogens is 1. The van der Waals surface area contributed by atoms with E-state index in [1.54, 1.807) is 39.7 Å². The van der Waals surface area contributed by atoms with Gasteiger partial charge in [-0.2, -0.15) is 5.26 Å². The first-order valence-electron chi connectivity index (χ1n) is 18.5.